The highest BCUT2D eigenvalue weighted by molar-refractivity contribution is 6.35. The Kier molecular flexibility index (Phi) is 4.22. The molecule has 2 N–H and O–H groups in total. The van der Waals surface area contributed by atoms with Crippen molar-refractivity contribution in [2.24, 2.45) is 5.73 Å². The summed E-state index contributed by atoms with van der Waals surface area (Å²) in [7, 11) is 1.51. The van der Waals surface area contributed by atoms with Crippen molar-refractivity contribution in [2.45, 2.75) is 12.5 Å². The SMILES string of the molecule is COc1c(Cl)cc(Cl)cc1CC(N)C#N. The van der Waals surface area contributed by atoms with Gasteiger partial charge in [0, 0.05) is 11.4 Å². The fraction of sp³-hybridized carbons (Fsp3) is 0.300. The molecule has 80 valence electrons. The van der Waals surface area contributed by atoms with Crippen LogP contribution in [-0.4, -0.2) is 13.2 Å². The third kappa shape index (κ3) is 3.00. The van der Waals surface area contributed by atoms with Gasteiger partial charge in [0.15, 0.2) is 0 Å². The fourth-order valence-corrected chi connectivity index (χ4v) is 1.89. The Balaban J connectivity index is 3.10. The number of nitriles is 1. The zero-order valence-corrected chi connectivity index (χ0v) is 9.64. The van der Waals surface area contributed by atoms with E-state index in [1.165, 1.54) is 7.11 Å². The summed E-state index contributed by atoms with van der Waals surface area (Å²) in [5.74, 6) is 0.520. The zero-order valence-electron chi connectivity index (χ0n) is 8.13. The van der Waals surface area contributed by atoms with Crippen LogP contribution in [-0.2, 0) is 6.42 Å². The van der Waals surface area contributed by atoms with E-state index in [1.807, 2.05) is 6.07 Å². The quantitative estimate of drug-likeness (QED) is 0.889. The van der Waals surface area contributed by atoms with Crippen molar-refractivity contribution in [1.82, 2.24) is 0 Å². The number of halogens is 2. The lowest BCUT2D eigenvalue weighted by Crippen LogP contribution is -2.20. The van der Waals surface area contributed by atoms with E-state index in [4.69, 9.17) is 38.9 Å². The van der Waals surface area contributed by atoms with Crippen LogP contribution in [0.3, 0.4) is 0 Å². The van der Waals surface area contributed by atoms with Crippen molar-refractivity contribution in [3.8, 4) is 11.8 Å². The first kappa shape index (κ1) is 12.1. The van der Waals surface area contributed by atoms with Crippen molar-refractivity contribution in [3.63, 3.8) is 0 Å². The highest BCUT2D eigenvalue weighted by Crippen LogP contribution is 2.32. The number of nitrogens with zero attached hydrogens (tertiary/aromatic N) is 1. The normalized spacial score (nSPS) is 11.9. The largest absolute Gasteiger partial charge is 0.495 e. The monoisotopic (exact) mass is 244 g/mol. The second-order valence-corrected chi connectivity index (χ2v) is 3.86. The molecule has 1 rings (SSSR count). The summed E-state index contributed by atoms with van der Waals surface area (Å²) in [6.45, 7) is 0. The standard InChI is InChI=1S/C10H10Cl2N2O/c1-15-10-6(3-8(14)5-13)2-7(11)4-9(10)12/h2,4,8H,3,14H2,1H3. The Morgan fingerprint density at radius 2 is 2.20 bits per heavy atom. The van der Waals surface area contributed by atoms with Crippen LogP contribution in [0, 0.1) is 11.3 Å². The number of ether oxygens (including phenoxy) is 1. The molecule has 1 atom stereocenters. The molecule has 1 aromatic rings. The molecule has 0 bridgehead atoms. The summed E-state index contributed by atoms with van der Waals surface area (Å²) in [6.07, 6.45) is 0.361. The molecule has 0 radical (unpaired) electrons. The molecule has 0 aromatic heterocycles. The lowest BCUT2D eigenvalue weighted by Gasteiger charge is -2.11. The predicted molar refractivity (Wildman–Crippen MR) is 60.3 cm³/mol. The van der Waals surface area contributed by atoms with Crippen LogP contribution in [0.1, 0.15) is 5.56 Å². The first-order valence-corrected chi connectivity index (χ1v) is 5.01. The van der Waals surface area contributed by atoms with Crippen LogP contribution < -0.4 is 10.5 Å². The molecule has 1 unspecified atom stereocenters. The molecule has 15 heavy (non-hydrogen) atoms. The Morgan fingerprint density at radius 1 is 1.53 bits per heavy atom. The number of benzene rings is 1. The molecular formula is C10H10Cl2N2O. The first-order chi connectivity index (χ1) is 7.08. The molecule has 3 nitrogen and oxygen atoms in total. The van der Waals surface area contributed by atoms with Crippen LogP contribution >= 0.6 is 23.2 Å². The minimum absolute atomic E-state index is 0.361. The average Bonchev–Trinajstić information content (AvgIpc) is 2.17. The molecule has 0 spiro atoms. The molecule has 0 fully saturated rings. The number of hydrogen-bond acceptors (Lipinski definition) is 3. The number of rotatable bonds is 3. The van der Waals surface area contributed by atoms with E-state index < -0.39 is 6.04 Å². The van der Waals surface area contributed by atoms with Gasteiger partial charge in [0.05, 0.1) is 24.2 Å². The van der Waals surface area contributed by atoms with Gasteiger partial charge >= 0.3 is 0 Å². The summed E-state index contributed by atoms with van der Waals surface area (Å²) in [5, 5.41) is 9.54. The van der Waals surface area contributed by atoms with E-state index in [0.717, 1.165) is 5.56 Å². The van der Waals surface area contributed by atoms with Gasteiger partial charge < -0.3 is 10.5 Å². The van der Waals surface area contributed by atoms with Gasteiger partial charge in [-0.2, -0.15) is 5.26 Å². The summed E-state index contributed by atoms with van der Waals surface area (Å²) in [6, 6.07) is 4.63. The van der Waals surface area contributed by atoms with Crippen LogP contribution in [0.15, 0.2) is 12.1 Å². The topological polar surface area (TPSA) is 59.0 Å². The minimum Gasteiger partial charge on any atom is -0.495 e. The maximum absolute atomic E-state index is 8.62. The van der Waals surface area contributed by atoms with Gasteiger partial charge in [0.2, 0.25) is 0 Å². The molecule has 0 amide bonds. The maximum Gasteiger partial charge on any atom is 0.140 e. The third-order valence-electron chi connectivity index (χ3n) is 1.90. The second kappa shape index (κ2) is 5.22. The first-order valence-electron chi connectivity index (χ1n) is 4.25. The molecule has 0 heterocycles. The Hall–Kier alpha value is -0.950. The minimum atomic E-state index is -0.589. The van der Waals surface area contributed by atoms with Crippen molar-refractivity contribution < 1.29 is 4.74 Å². The number of methoxy groups -OCH3 is 1. The van der Waals surface area contributed by atoms with Crippen LogP contribution in [0.4, 0.5) is 0 Å². The molecule has 0 saturated heterocycles. The van der Waals surface area contributed by atoms with E-state index >= 15 is 0 Å². The lowest BCUT2D eigenvalue weighted by atomic mass is 10.1. The van der Waals surface area contributed by atoms with E-state index in [-0.39, 0.29) is 0 Å². The molecule has 0 aliphatic rings. The smallest absolute Gasteiger partial charge is 0.140 e. The van der Waals surface area contributed by atoms with Crippen LogP contribution in [0.2, 0.25) is 10.0 Å². The highest BCUT2D eigenvalue weighted by atomic mass is 35.5. The summed E-state index contributed by atoms with van der Waals surface area (Å²) in [5.41, 5.74) is 6.27. The van der Waals surface area contributed by atoms with Gasteiger partial charge in [-0.25, -0.2) is 0 Å². The molecule has 0 aliphatic carbocycles. The van der Waals surface area contributed by atoms with Gasteiger partial charge in [-0.05, 0) is 17.7 Å². The maximum atomic E-state index is 8.62. The third-order valence-corrected chi connectivity index (χ3v) is 2.39. The van der Waals surface area contributed by atoms with E-state index in [0.29, 0.717) is 22.2 Å². The average molecular weight is 245 g/mol. The summed E-state index contributed by atoms with van der Waals surface area (Å²) < 4.78 is 5.12. The van der Waals surface area contributed by atoms with Gasteiger partial charge in [0.1, 0.15) is 5.75 Å². The highest BCUT2D eigenvalue weighted by Gasteiger charge is 2.12. The van der Waals surface area contributed by atoms with Crippen molar-refractivity contribution >= 4 is 23.2 Å². The summed E-state index contributed by atoms with van der Waals surface area (Å²) in [4.78, 5) is 0. The van der Waals surface area contributed by atoms with Crippen molar-refractivity contribution in [1.29, 1.82) is 5.26 Å². The molecular weight excluding hydrogens is 235 g/mol. The van der Waals surface area contributed by atoms with Gasteiger partial charge in [-0.1, -0.05) is 23.2 Å². The number of hydrogen-bond donors (Lipinski definition) is 1. The van der Waals surface area contributed by atoms with Gasteiger partial charge in [-0.3, -0.25) is 0 Å². The Morgan fingerprint density at radius 3 is 2.73 bits per heavy atom. The second-order valence-electron chi connectivity index (χ2n) is 3.02. The molecule has 0 aliphatic heterocycles. The number of nitrogens with two attached hydrogens (primary N) is 1. The Labute approximate surface area is 98.3 Å². The van der Waals surface area contributed by atoms with Gasteiger partial charge in [-0.15, -0.1) is 0 Å². The summed E-state index contributed by atoms with van der Waals surface area (Å²) >= 11 is 11.8. The van der Waals surface area contributed by atoms with E-state index in [9.17, 15) is 0 Å². The van der Waals surface area contributed by atoms with Crippen LogP contribution in [0.25, 0.3) is 0 Å². The van der Waals surface area contributed by atoms with Gasteiger partial charge in [0.25, 0.3) is 0 Å². The van der Waals surface area contributed by atoms with Crippen molar-refractivity contribution in [2.75, 3.05) is 7.11 Å². The molecule has 0 saturated carbocycles. The van der Waals surface area contributed by atoms with E-state index in [1.54, 1.807) is 12.1 Å². The predicted octanol–water partition coefficient (Wildman–Crippen LogP) is 2.40. The fourth-order valence-electron chi connectivity index (χ4n) is 1.28. The van der Waals surface area contributed by atoms with Crippen molar-refractivity contribution in [3.05, 3.63) is 27.7 Å². The Bertz CT molecular complexity index is 401. The van der Waals surface area contributed by atoms with Crippen LogP contribution in [0.5, 0.6) is 5.75 Å². The molecule has 5 heteroatoms. The molecule has 1 aromatic carbocycles. The lowest BCUT2D eigenvalue weighted by molar-refractivity contribution is 0.409. The van der Waals surface area contributed by atoms with E-state index in [2.05, 4.69) is 0 Å². The zero-order chi connectivity index (χ0) is 11.4.